The molecule has 0 amide bonds. The summed E-state index contributed by atoms with van der Waals surface area (Å²) >= 11 is 10.5. The minimum atomic E-state index is -3.32. The summed E-state index contributed by atoms with van der Waals surface area (Å²) < 4.78 is 9.02. The average molecular weight is 177 g/mol. The molecule has 0 aromatic rings. The van der Waals surface area contributed by atoms with Crippen LogP contribution in [0.25, 0.3) is 0 Å². The van der Waals surface area contributed by atoms with Gasteiger partial charge in [-0.25, -0.2) is 0 Å². The Morgan fingerprint density at radius 2 is 1.75 bits per heavy atom. The van der Waals surface area contributed by atoms with Crippen LogP contribution >= 0.6 is 30.6 Å². The Hall–Kier alpha value is 0.770. The van der Waals surface area contributed by atoms with E-state index in [1.807, 2.05) is 0 Å². The number of alkyl halides is 2. The number of halogens is 2. The molecule has 2 nitrogen and oxygen atoms in total. The molecule has 0 aliphatic carbocycles. The van der Waals surface area contributed by atoms with E-state index >= 15 is 0 Å². The summed E-state index contributed by atoms with van der Waals surface area (Å²) in [7, 11) is -3.32. The fraction of sp³-hybridized carbons (Fsp3) is 1.00. The maximum Gasteiger partial charge on any atom is 0.232 e. The van der Waals surface area contributed by atoms with E-state index in [9.17, 15) is 4.57 Å². The zero-order valence-corrected chi connectivity index (χ0v) is 6.96. The molecule has 1 unspecified atom stereocenters. The molecule has 0 rings (SSSR count). The molecule has 5 heteroatoms. The molecule has 0 aromatic carbocycles. The van der Waals surface area contributed by atoms with Gasteiger partial charge >= 0.3 is 0 Å². The van der Waals surface area contributed by atoms with E-state index in [1.165, 1.54) is 6.92 Å². The van der Waals surface area contributed by atoms with Crippen LogP contribution in [-0.2, 0) is 4.57 Å². The van der Waals surface area contributed by atoms with E-state index in [0.29, 0.717) is 0 Å². The zero-order valence-electron chi connectivity index (χ0n) is 4.56. The third-order valence-electron chi connectivity index (χ3n) is 0.729. The van der Waals surface area contributed by atoms with Crippen LogP contribution in [0.5, 0.6) is 0 Å². The van der Waals surface area contributed by atoms with Gasteiger partial charge in [0.2, 0.25) is 7.37 Å². The zero-order chi connectivity index (χ0) is 7.00. The predicted molar refractivity (Wildman–Crippen MR) is 35.9 cm³/mol. The van der Waals surface area contributed by atoms with E-state index in [4.69, 9.17) is 28.1 Å². The van der Waals surface area contributed by atoms with Crippen molar-refractivity contribution < 1.29 is 9.46 Å². The molecular weight excluding hydrogens is 170 g/mol. The van der Waals surface area contributed by atoms with Gasteiger partial charge in [0, 0.05) is 6.66 Å². The summed E-state index contributed by atoms with van der Waals surface area (Å²) in [4.78, 5) is 8.65. The lowest BCUT2D eigenvalue weighted by Gasteiger charge is -2.15. The van der Waals surface area contributed by atoms with Gasteiger partial charge < -0.3 is 4.89 Å². The molecule has 0 saturated carbocycles. The van der Waals surface area contributed by atoms with Gasteiger partial charge in [0.25, 0.3) is 0 Å². The summed E-state index contributed by atoms with van der Waals surface area (Å²) in [5, 5.41) is 0. The van der Waals surface area contributed by atoms with Crippen molar-refractivity contribution in [1.82, 2.24) is 0 Å². The van der Waals surface area contributed by atoms with E-state index in [1.54, 1.807) is 0 Å². The highest BCUT2D eigenvalue weighted by Gasteiger charge is 2.34. The quantitative estimate of drug-likeness (QED) is 0.491. The normalized spacial score (nSPS) is 20.1. The molecule has 0 spiro atoms. The SMILES string of the molecule is CC(Cl)(Cl)P(C)(=O)O. The first-order valence-corrected chi connectivity index (χ1v) is 4.79. The molecular formula is C3H7Cl2O2P. The fourth-order valence-electron chi connectivity index (χ4n) is 0. The van der Waals surface area contributed by atoms with Crippen molar-refractivity contribution in [2.75, 3.05) is 6.66 Å². The van der Waals surface area contributed by atoms with Gasteiger partial charge in [-0.2, -0.15) is 0 Å². The maximum atomic E-state index is 10.5. The van der Waals surface area contributed by atoms with Crippen molar-refractivity contribution in [3.05, 3.63) is 0 Å². The molecule has 0 bridgehead atoms. The second kappa shape index (κ2) is 2.18. The van der Waals surface area contributed by atoms with Gasteiger partial charge in [0.05, 0.1) is 0 Å². The molecule has 0 aromatic heterocycles. The molecule has 1 atom stereocenters. The van der Waals surface area contributed by atoms with Crippen LogP contribution in [-0.4, -0.2) is 15.6 Å². The van der Waals surface area contributed by atoms with Crippen molar-refractivity contribution in [2.24, 2.45) is 0 Å². The smallest absolute Gasteiger partial charge is 0.232 e. The van der Waals surface area contributed by atoms with Gasteiger partial charge in [-0.3, -0.25) is 4.57 Å². The maximum absolute atomic E-state index is 10.5. The van der Waals surface area contributed by atoms with E-state index in [2.05, 4.69) is 0 Å². The second-order valence-electron chi connectivity index (χ2n) is 1.72. The third kappa shape index (κ3) is 2.36. The molecule has 0 saturated heterocycles. The number of rotatable bonds is 1. The predicted octanol–water partition coefficient (Wildman–Crippen LogP) is 2.04. The van der Waals surface area contributed by atoms with Gasteiger partial charge in [-0.05, 0) is 6.92 Å². The number of hydrogen-bond acceptors (Lipinski definition) is 1. The summed E-state index contributed by atoms with van der Waals surface area (Å²) in [6.07, 6.45) is 0. The van der Waals surface area contributed by atoms with Gasteiger partial charge in [-0.15, -0.1) is 0 Å². The minimum absolute atomic E-state index is 1.12. The molecule has 0 fully saturated rings. The first kappa shape index (κ1) is 8.77. The summed E-state index contributed by atoms with van der Waals surface area (Å²) in [5.41, 5.74) is 0. The standard InChI is InChI=1S/C3H7Cl2O2P/c1-3(4,5)8(2,6)7/h1-2H3,(H,6,7). The Labute approximate surface area is 58.2 Å². The Balaban J connectivity index is 4.26. The van der Waals surface area contributed by atoms with Crippen LogP contribution in [0, 0.1) is 0 Å². The minimum Gasteiger partial charge on any atom is -0.342 e. The van der Waals surface area contributed by atoms with Crippen LogP contribution < -0.4 is 0 Å². The van der Waals surface area contributed by atoms with Crippen LogP contribution in [0.1, 0.15) is 6.92 Å². The Bertz CT molecular complexity index is 122. The monoisotopic (exact) mass is 176 g/mol. The van der Waals surface area contributed by atoms with Gasteiger partial charge in [0.15, 0.2) is 4.07 Å². The van der Waals surface area contributed by atoms with Crippen LogP contribution in [0.15, 0.2) is 0 Å². The number of hydrogen-bond donors (Lipinski definition) is 1. The lowest BCUT2D eigenvalue weighted by Crippen LogP contribution is -2.04. The molecule has 8 heavy (non-hydrogen) atoms. The van der Waals surface area contributed by atoms with E-state index in [-0.39, 0.29) is 0 Å². The Kier molecular flexibility index (Phi) is 2.39. The van der Waals surface area contributed by atoms with Crippen LogP contribution in [0.4, 0.5) is 0 Å². The van der Waals surface area contributed by atoms with E-state index < -0.39 is 11.4 Å². The van der Waals surface area contributed by atoms with E-state index in [0.717, 1.165) is 6.66 Å². The summed E-state index contributed by atoms with van der Waals surface area (Å²) in [5.74, 6) is 0. The van der Waals surface area contributed by atoms with Gasteiger partial charge in [-0.1, -0.05) is 23.2 Å². The second-order valence-corrected chi connectivity index (χ2v) is 6.61. The highest BCUT2D eigenvalue weighted by Crippen LogP contribution is 2.56. The van der Waals surface area contributed by atoms with Gasteiger partial charge in [0.1, 0.15) is 0 Å². The highest BCUT2D eigenvalue weighted by atomic mass is 35.5. The Morgan fingerprint density at radius 1 is 1.62 bits per heavy atom. The third-order valence-corrected chi connectivity index (χ3v) is 4.07. The first-order chi connectivity index (χ1) is 3.25. The molecule has 0 aliphatic heterocycles. The largest absolute Gasteiger partial charge is 0.342 e. The molecule has 0 heterocycles. The van der Waals surface area contributed by atoms with Crippen molar-refractivity contribution in [2.45, 2.75) is 11.0 Å². The Morgan fingerprint density at radius 3 is 1.75 bits per heavy atom. The fourth-order valence-corrected chi connectivity index (χ4v) is 0. The summed E-state index contributed by atoms with van der Waals surface area (Å²) in [6, 6.07) is 0. The lowest BCUT2D eigenvalue weighted by molar-refractivity contribution is 0.479. The van der Waals surface area contributed by atoms with Crippen molar-refractivity contribution in [1.29, 1.82) is 0 Å². The molecule has 0 radical (unpaired) electrons. The lowest BCUT2D eigenvalue weighted by atomic mass is 10.9. The van der Waals surface area contributed by atoms with Crippen LogP contribution in [0.2, 0.25) is 0 Å². The van der Waals surface area contributed by atoms with Crippen molar-refractivity contribution in [3.63, 3.8) is 0 Å². The van der Waals surface area contributed by atoms with Crippen molar-refractivity contribution in [3.8, 4) is 0 Å². The highest BCUT2D eigenvalue weighted by molar-refractivity contribution is 7.63. The van der Waals surface area contributed by atoms with Crippen LogP contribution in [0.3, 0.4) is 0 Å². The topological polar surface area (TPSA) is 37.3 Å². The molecule has 1 N–H and O–H groups in total. The summed E-state index contributed by atoms with van der Waals surface area (Å²) in [6.45, 7) is 2.41. The van der Waals surface area contributed by atoms with Crippen molar-refractivity contribution >= 4 is 30.6 Å². The average Bonchev–Trinajstić information content (AvgIpc) is 1.25. The molecule has 0 aliphatic rings. The molecule has 50 valence electrons. The first-order valence-electron chi connectivity index (χ1n) is 1.93.